The maximum absolute atomic E-state index is 10.9. The summed E-state index contributed by atoms with van der Waals surface area (Å²) in [6.07, 6.45) is 5.17. The maximum Gasteiger partial charge on any atom is 0.226 e. The molecule has 2 rings (SSSR count). The van der Waals surface area contributed by atoms with E-state index in [4.69, 9.17) is 23.2 Å². The van der Waals surface area contributed by atoms with Crippen molar-refractivity contribution in [2.45, 2.75) is 11.8 Å². The Morgan fingerprint density at radius 1 is 1.36 bits per heavy atom. The van der Waals surface area contributed by atoms with Crippen molar-refractivity contribution in [2.24, 2.45) is 17.8 Å². The third kappa shape index (κ3) is 1.02. The monoisotopic (exact) mass is 190 g/mol. The van der Waals surface area contributed by atoms with Gasteiger partial charge in [-0.15, -0.1) is 11.6 Å². The number of carbonyl (C=O) groups excluding carboxylic acids is 1. The molecule has 2 aliphatic carbocycles. The van der Waals surface area contributed by atoms with E-state index in [0.29, 0.717) is 11.8 Å². The highest BCUT2D eigenvalue weighted by atomic mass is 35.5. The molecular weight excluding hydrogens is 183 g/mol. The molecular formula is C8H8Cl2O. The van der Waals surface area contributed by atoms with Gasteiger partial charge in [0.1, 0.15) is 0 Å². The molecule has 0 unspecified atom stereocenters. The van der Waals surface area contributed by atoms with Crippen molar-refractivity contribution in [2.75, 3.05) is 0 Å². The largest absolute Gasteiger partial charge is 0.281 e. The summed E-state index contributed by atoms with van der Waals surface area (Å²) in [6.45, 7) is 0. The predicted molar refractivity (Wildman–Crippen MR) is 44.7 cm³/mol. The summed E-state index contributed by atoms with van der Waals surface area (Å²) >= 11 is 11.4. The van der Waals surface area contributed by atoms with E-state index in [9.17, 15) is 4.79 Å². The Kier molecular flexibility index (Phi) is 1.73. The molecule has 0 aromatic heterocycles. The Morgan fingerprint density at radius 2 is 2.00 bits per heavy atom. The lowest BCUT2D eigenvalue weighted by Gasteiger charge is -2.18. The molecule has 0 aromatic rings. The van der Waals surface area contributed by atoms with Gasteiger partial charge in [0.15, 0.2) is 0 Å². The molecule has 0 aromatic carbocycles. The van der Waals surface area contributed by atoms with Gasteiger partial charge in [0.05, 0.1) is 11.3 Å². The van der Waals surface area contributed by atoms with Crippen molar-refractivity contribution in [3.8, 4) is 0 Å². The van der Waals surface area contributed by atoms with Crippen LogP contribution in [0.4, 0.5) is 0 Å². The second-order valence-corrected chi connectivity index (χ2v) is 4.10. The number of allylic oxidation sites excluding steroid dienone is 2. The fourth-order valence-electron chi connectivity index (χ4n) is 2.06. The standard InChI is InChI=1S/C8H8Cl2O/c9-7-5-2-1-4(3-5)6(7)8(10)11/h1-2,4-7H,3H2/t4-,5+,6-,7+/m0/s1. The third-order valence-corrected chi connectivity index (χ3v) is 3.47. The maximum atomic E-state index is 10.9. The van der Waals surface area contributed by atoms with Crippen molar-refractivity contribution in [1.29, 1.82) is 0 Å². The van der Waals surface area contributed by atoms with Gasteiger partial charge in [-0.05, 0) is 29.9 Å². The third-order valence-electron chi connectivity index (χ3n) is 2.63. The van der Waals surface area contributed by atoms with Gasteiger partial charge in [-0.2, -0.15) is 0 Å². The van der Waals surface area contributed by atoms with E-state index in [1.807, 2.05) is 0 Å². The van der Waals surface area contributed by atoms with Crippen LogP contribution in [-0.2, 0) is 4.79 Å². The van der Waals surface area contributed by atoms with Crippen molar-refractivity contribution in [3.63, 3.8) is 0 Å². The lowest BCUT2D eigenvalue weighted by molar-refractivity contribution is -0.115. The van der Waals surface area contributed by atoms with Crippen LogP contribution < -0.4 is 0 Å². The van der Waals surface area contributed by atoms with E-state index >= 15 is 0 Å². The highest BCUT2D eigenvalue weighted by molar-refractivity contribution is 6.64. The first-order valence-corrected chi connectivity index (χ1v) is 4.53. The minimum absolute atomic E-state index is 0.0602. The van der Waals surface area contributed by atoms with Gasteiger partial charge in [-0.3, -0.25) is 4.79 Å². The van der Waals surface area contributed by atoms with Crippen LogP contribution in [0, 0.1) is 17.8 Å². The number of hydrogen-bond acceptors (Lipinski definition) is 1. The summed E-state index contributed by atoms with van der Waals surface area (Å²) in [6, 6.07) is 0. The molecule has 1 saturated carbocycles. The first-order chi connectivity index (χ1) is 5.20. The molecule has 0 radical (unpaired) electrons. The van der Waals surface area contributed by atoms with Gasteiger partial charge in [0.25, 0.3) is 0 Å². The smallest absolute Gasteiger partial charge is 0.226 e. The molecule has 1 fully saturated rings. The molecule has 0 aliphatic heterocycles. The average molecular weight is 191 g/mol. The molecule has 0 heterocycles. The van der Waals surface area contributed by atoms with E-state index in [1.54, 1.807) is 0 Å². The summed E-state index contributed by atoms with van der Waals surface area (Å²) in [5.74, 6) is 0.565. The van der Waals surface area contributed by atoms with Gasteiger partial charge < -0.3 is 0 Å². The van der Waals surface area contributed by atoms with Crippen molar-refractivity contribution in [1.82, 2.24) is 0 Å². The zero-order valence-electron chi connectivity index (χ0n) is 5.84. The first-order valence-electron chi connectivity index (χ1n) is 3.72. The van der Waals surface area contributed by atoms with Crippen LogP contribution in [0.1, 0.15) is 6.42 Å². The van der Waals surface area contributed by atoms with Crippen molar-refractivity contribution in [3.05, 3.63) is 12.2 Å². The fourth-order valence-corrected chi connectivity index (χ4v) is 2.91. The molecule has 0 saturated heterocycles. The van der Waals surface area contributed by atoms with Crippen LogP contribution >= 0.6 is 23.2 Å². The molecule has 60 valence electrons. The zero-order valence-corrected chi connectivity index (χ0v) is 7.35. The highest BCUT2D eigenvalue weighted by Crippen LogP contribution is 2.47. The Labute approximate surface area is 75.4 Å². The van der Waals surface area contributed by atoms with Crippen LogP contribution in [-0.4, -0.2) is 10.6 Å². The van der Waals surface area contributed by atoms with Gasteiger partial charge >= 0.3 is 0 Å². The summed E-state index contributed by atoms with van der Waals surface area (Å²) in [5, 5.41) is -0.336. The van der Waals surface area contributed by atoms with E-state index in [-0.39, 0.29) is 16.5 Å². The number of hydrogen-bond donors (Lipinski definition) is 0. The highest BCUT2D eigenvalue weighted by Gasteiger charge is 2.46. The van der Waals surface area contributed by atoms with E-state index in [0.717, 1.165) is 6.42 Å². The van der Waals surface area contributed by atoms with Crippen LogP contribution in [0.5, 0.6) is 0 Å². The quantitative estimate of drug-likeness (QED) is 0.352. The van der Waals surface area contributed by atoms with Crippen molar-refractivity contribution < 1.29 is 4.79 Å². The number of halogens is 2. The Balaban J connectivity index is 2.25. The Morgan fingerprint density at radius 3 is 2.36 bits per heavy atom. The topological polar surface area (TPSA) is 17.1 Å². The molecule has 2 aliphatic rings. The number of rotatable bonds is 1. The molecule has 3 heteroatoms. The van der Waals surface area contributed by atoms with Crippen LogP contribution in [0.3, 0.4) is 0 Å². The minimum Gasteiger partial charge on any atom is -0.281 e. The summed E-state index contributed by atoms with van der Waals surface area (Å²) < 4.78 is 0. The van der Waals surface area contributed by atoms with Crippen LogP contribution in [0.2, 0.25) is 0 Å². The van der Waals surface area contributed by atoms with Gasteiger partial charge in [0, 0.05) is 0 Å². The Bertz CT molecular complexity index is 224. The minimum atomic E-state index is -0.276. The van der Waals surface area contributed by atoms with Gasteiger partial charge in [0.2, 0.25) is 5.24 Å². The summed E-state index contributed by atoms with van der Waals surface area (Å²) in [4.78, 5) is 10.9. The van der Waals surface area contributed by atoms with Crippen LogP contribution in [0.15, 0.2) is 12.2 Å². The molecule has 4 atom stereocenters. The normalized spacial score (nSPS) is 46.7. The molecule has 0 amide bonds. The van der Waals surface area contributed by atoms with Gasteiger partial charge in [-0.25, -0.2) is 0 Å². The number of fused-ring (bicyclic) bond motifs is 2. The SMILES string of the molecule is O=C(Cl)[C@@H]1[C@H](Cl)[C@@H]2C=C[C@H]1C2. The second kappa shape index (κ2) is 2.49. The Hall–Kier alpha value is -0.0100. The van der Waals surface area contributed by atoms with E-state index in [2.05, 4.69) is 12.2 Å². The number of alkyl halides is 1. The fraction of sp³-hybridized carbons (Fsp3) is 0.625. The van der Waals surface area contributed by atoms with Crippen molar-refractivity contribution >= 4 is 28.4 Å². The lowest BCUT2D eigenvalue weighted by Crippen LogP contribution is -2.24. The van der Waals surface area contributed by atoms with Gasteiger partial charge in [-0.1, -0.05) is 12.2 Å². The molecule has 0 N–H and O–H groups in total. The molecule has 2 bridgehead atoms. The first kappa shape index (κ1) is 7.63. The lowest BCUT2D eigenvalue weighted by atomic mass is 9.95. The second-order valence-electron chi connectivity index (χ2n) is 3.22. The average Bonchev–Trinajstić information content (AvgIpc) is 2.44. The van der Waals surface area contributed by atoms with E-state index in [1.165, 1.54) is 0 Å². The van der Waals surface area contributed by atoms with E-state index < -0.39 is 0 Å². The zero-order chi connectivity index (χ0) is 8.01. The van der Waals surface area contributed by atoms with Crippen LogP contribution in [0.25, 0.3) is 0 Å². The molecule has 11 heavy (non-hydrogen) atoms. The number of carbonyl (C=O) groups is 1. The summed E-state index contributed by atoms with van der Waals surface area (Å²) in [5.41, 5.74) is 0. The molecule has 0 spiro atoms. The molecule has 1 nitrogen and oxygen atoms in total. The summed E-state index contributed by atoms with van der Waals surface area (Å²) in [7, 11) is 0. The predicted octanol–water partition coefficient (Wildman–Crippen LogP) is 2.18.